The van der Waals surface area contributed by atoms with E-state index in [0.717, 1.165) is 25.5 Å². The third-order valence-corrected chi connectivity index (χ3v) is 3.21. The number of aromatic nitrogens is 2. The van der Waals surface area contributed by atoms with E-state index in [0.29, 0.717) is 0 Å². The first-order chi connectivity index (χ1) is 6.63. The Morgan fingerprint density at radius 3 is 3.00 bits per heavy atom. The average Bonchev–Trinajstić information content (AvgIpc) is 2.61. The summed E-state index contributed by atoms with van der Waals surface area (Å²) in [5, 5.41) is 3.33. The minimum absolute atomic E-state index is 0.200. The van der Waals surface area contributed by atoms with Crippen molar-refractivity contribution in [1.82, 2.24) is 9.55 Å². The molecule has 0 amide bonds. The van der Waals surface area contributed by atoms with E-state index in [4.69, 9.17) is 0 Å². The monoisotopic (exact) mass is 193 g/mol. The second kappa shape index (κ2) is 3.30. The summed E-state index contributed by atoms with van der Waals surface area (Å²) in [6.07, 6.45) is 4.53. The molecule has 0 fully saturated rings. The number of anilines is 1. The molecule has 78 valence electrons. The Hall–Kier alpha value is -0.990. The van der Waals surface area contributed by atoms with Gasteiger partial charge in [-0.25, -0.2) is 4.98 Å². The van der Waals surface area contributed by atoms with Gasteiger partial charge in [0.05, 0.1) is 5.69 Å². The number of hydrogen-bond donors (Lipinski definition) is 1. The van der Waals surface area contributed by atoms with Gasteiger partial charge in [0, 0.05) is 24.7 Å². The maximum atomic E-state index is 4.65. The van der Waals surface area contributed by atoms with Gasteiger partial charge in [-0.15, -0.1) is 0 Å². The van der Waals surface area contributed by atoms with Crippen molar-refractivity contribution in [2.75, 3.05) is 11.9 Å². The fourth-order valence-electron chi connectivity index (χ4n) is 1.68. The third kappa shape index (κ3) is 1.51. The predicted molar refractivity (Wildman–Crippen MR) is 58.7 cm³/mol. The Morgan fingerprint density at radius 2 is 2.36 bits per heavy atom. The van der Waals surface area contributed by atoms with Crippen molar-refractivity contribution in [3.05, 3.63) is 11.9 Å². The van der Waals surface area contributed by atoms with Crippen LogP contribution in [0, 0.1) is 0 Å². The SMILES string of the molecule is CCC(C)(C)c1cn2c(n1)NCCC2. The highest BCUT2D eigenvalue weighted by molar-refractivity contribution is 5.32. The molecule has 14 heavy (non-hydrogen) atoms. The lowest BCUT2D eigenvalue weighted by molar-refractivity contribution is 0.492. The van der Waals surface area contributed by atoms with E-state index in [9.17, 15) is 0 Å². The van der Waals surface area contributed by atoms with Crippen molar-refractivity contribution in [2.45, 2.75) is 45.6 Å². The van der Waals surface area contributed by atoms with Crippen LogP contribution in [0.4, 0.5) is 5.95 Å². The lowest BCUT2D eigenvalue weighted by Crippen LogP contribution is -2.16. The summed E-state index contributed by atoms with van der Waals surface area (Å²) in [5.41, 5.74) is 1.41. The van der Waals surface area contributed by atoms with Crippen LogP contribution in [0.5, 0.6) is 0 Å². The molecule has 1 aromatic rings. The fourth-order valence-corrected chi connectivity index (χ4v) is 1.68. The topological polar surface area (TPSA) is 29.9 Å². The van der Waals surface area contributed by atoms with Crippen LogP contribution in [0.3, 0.4) is 0 Å². The van der Waals surface area contributed by atoms with E-state index >= 15 is 0 Å². The number of hydrogen-bond acceptors (Lipinski definition) is 2. The van der Waals surface area contributed by atoms with Gasteiger partial charge in [-0.05, 0) is 12.8 Å². The Morgan fingerprint density at radius 1 is 1.57 bits per heavy atom. The molecule has 0 spiro atoms. The standard InChI is InChI=1S/C11H19N3/c1-4-11(2,3)9-8-14-7-5-6-12-10(14)13-9/h8H,4-7H2,1-3H3,(H,12,13). The average molecular weight is 193 g/mol. The predicted octanol–water partition coefficient (Wildman–Crippen LogP) is 2.39. The third-order valence-electron chi connectivity index (χ3n) is 3.21. The Kier molecular flexibility index (Phi) is 2.25. The van der Waals surface area contributed by atoms with Gasteiger partial charge in [0.1, 0.15) is 0 Å². The summed E-state index contributed by atoms with van der Waals surface area (Å²) in [6.45, 7) is 8.88. The molecular formula is C11H19N3. The van der Waals surface area contributed by atoms with Crippen LogP contribution >= 0.6 is 0 Å². The summed E-state index contributed by atoms with van der Waals surface area (Å²) >= 11 is 0. The number of nitrogens with zero attached hydrogens (tertiary/aromatic N) is 2. The summed E-state index contributed by atoms with van der Waals surface area (Å²) in [5.74, 6) is 1.05. The van der Waals surface area contributed by atoms with Gasteiger partial charge >= 0.3 is 0 Å². The maximum Gasteiger partial charge on any atom is 0.203 e. The zero-order valence-electron chi connectivity index (χ0n) is 9.30. The van der Waals surface area contributed by atoms with Crippen molar-refractivity contribution in [3.63, 3.8) is 0 Å². The highest BCUT2D eigenvalue weighted by atomic mass is 15.2. The molecule has 1 aliphatic rings. The van der Waals surface area contributed by atoms with E-state index in [1.165, 1.54) is 12.1 Å². The first kappa shape index (κ1) is 9.56. The molecule has 2 heterocycles. The smallest absolute Gasteiger partial charge is 0.203 e. The maximum absolute atomic E-state index is 4.65. The number of imidazole rings is 1. The first-order valence-electron chi connectivity index (χ1n) is 5.45. The Balaban J connectivity index is 2.32. The van der Waals surface area contributed by atoms with Crippen LogP contribution in [-0.4, -0.2) is 16.1 Å². The van der Waals surface area contributed by atoms with E-state index in [1.807, 2.05) is 0 Å². The van der Waals surface area contributed by atoms with Crippen molar-refractivity contribution in [1.29, 1.82) is 0 Å². The molecule has 3 nitrogen and oxygen atoms in total. The van der Waals surface area contributed by atoms with Crippen LogP contribution in [-0.2, 0) is 12.0 Å². The molecular weight excluding hydrogens is 174 g/mol. The molecule has 0 saturated carbocycles. The highest BCUT2D eigenvalue weighted by Gasteiger charge is 2.23. The molecule has 0 aromatic carbocycles. The number of aryl methyl sites for hydroxylation is 1. The Labute approximate surface area is 85.5 Å². The number of fused-ring (bicyclic) bond motifs is 1. The van der Waals surface area contributed by atoms with Crippen LogP contribution in [0.2, 0.25) is 0 Å². The molecule has 0 unspecified atom stereocenters. The molecule has 1 aliphatic heterocycles. The normalized spacial score (nSPS) is 16.2. The second-order valence-electron chi connectivity index (χ2n) is 4.66. The molecule has 0 saturated heterocycles. The second-order valence-corrected chi connectivity index (χ2v) is 4.66. The minimum Gasteiger partial charge on any atom is -0.356 e. The summed E-state index contributed by atoms with van der Waals surface area (Å²) in [6, 6.07) is 0. The van der Waals surface area contributed by atoms with Gasteiger partial charge in [-0.3, -0.25) is 0 Å². The molecule has 1 aromatic heterocycles. The Bertz CT molecular complexity index is 302. The van der Waals surface area contributed by atoms with Crippen molar-refractivity contribution < 1.29 is 0 Å². The minimum atomic E-state index is 0.200. The van der Waals surface area contributed by atoms with Crippen LogP contribution in [0.15, 0.2) is 6.20 Å². The van der Waals surface area contributed by atoms with E-state index in [2.05, 4.69) is 41.8 Å². The summed E-state index contributed by atoms with van der Waals surface area (Å²) in [4.78, 5) is 4.65. The van der Waals surface area contributed by atoms with Gasteiger partial charge in [-0.2, -0.15) is 0 Å². The van der Waals surface area contributed by atoms with Crippen LogP contribution < -0.4 is 5.32 Å². The van der Waals surface area contributed by atoms with Gasteiger partial charge < -0.3 is 9.88 Å². The van der Waals surface area contributed by atoms with Gasteiger partial charge in [0.15, 0.2) is 0 Å². The molecule has 0 radical (unpaired) electrons. The van der Waals surface area contributed by atoms with Crippen molar-refractivity contribution in [3.8, 4) is 0 Å². The molecule has 1 N–H and O–H groups in total. The quantitative estimate of drug-likeness (QED) is 0.781. The van der Waals surface area contributed by atoms with Gasteiger partial charge in [0.2, 0.25) is 5.95 Å². The zero-order chi connectivity index (χ0) is 10.2. The van der Waals surface area contributed by atoms with Crippen LogP contribution in [0.25, 0.3) is 0 Å². The molecule has 0 atom stereocenters. The largest absolute Gasteiger partial charge is 0.356 e. The fraction of sp³-hybridized carbons (Fsp3) is 0.727. The van der Waals surface area contributed by atoms with E-state index in [-0.39, 0.29) is 5.41 Å². The van der Waals surface area contributed by atoms with Crippen LogP contribution in [0.1, 0.15) is 39.3 Å². The lowest BCUT2D eigenvalue weighted by atomic mass is 9.87. The van der Waals surface area contributed by atoms with E-state index < -0.39 is 0 Å². The lowest BCUT2D eigenvalue weighted by Gasteiger charge is -2.19. The van der Waals surface area contributed by atoms with Crippen molar-refractivity contribution >= 4 is 5.95 Å². The zero-order valence-corrected chi connectivity index (χ0v) is 9.30. The van der Waals surface area contributed by atoms with Gasteiger partial charge in [0.25, 0.3) is 0 Å². The summed E-state index contributed by atoms with van der Waals surface area (Å²) < 4.78 is 2.23. The van der Waals surface area contributed by atoms with Gasteiger partial charge in [-0.1, -0.05) is 20.8 Å². The number of nitrogens with one attached hydrogen (secondary N) is 1. The molecule has 0 aliphatic carbocycles. The number of rotatable bonds is 2. The highest BCUT2D eigenvalue weighted by Crippen LogP contribution is 2.28. The van der Waals surface area contributed by atoms with E-state index in [1.54, 1.807) is 0 Å². The molecule has 3 heteroatoms. The summed E-state index contributed by atoms with van der Waals surface area (Å²) in [7, 11) is 0. The van der Waals surface area contributed by atoms with Crippen molar-refractivity contribution in [2.24, 2.45) is 0 Å². The molecule has 0 bridgehead atoms. The molecule has 2 rings (SSSR count). The first-order valence-corrected chi connectivity index (χ1v) is 5.45.